The summed E-state index contributed by atoms with van der Waals surface area (Å²) in [6, 6.07) is 3.26. The Labute approximate surface area is 104 Å². The molecule has 1 heterocycles. The van der Waals surface area contributed by atoms with Crippen LogP contribution in [0.5, 0.6) is 5.75 Å². The number of benzene rings is 1. The van der Waals surface area contributed by atoms with Crippen LogP contribution in [0.1, 0.15) is 5.69 Å². The number of hydrogen-bond acceptors (Lipinski definition) is 4. The van der Waals surface area contributed by atoms with E-state index in [9.17, 15) is 12.8 Å². The molecule has 0 saturated carbocycles. The van der Waals surface area contributed by atoms with Gasteiger partial charge in [0, 0.05) is 12.3 Å². The molecule has 2 rings (SSSR count). The van der Waals surface area contributed by atoms with Gasteiger partial charge in [-0.25, -0.2) is 21.8 Å². The van der Waals surface area contributed by atoms with E-state index in [0.29, 0.717) is 5.69 Å². The number of aryl methyl sites for hydroxylation is 1. The Morgan fingerprint density at radius 1 is 1.39 bits per heavy atom. The van der Waals surface area contributed by atoms with Crippen molar-refractivity contribution < 1.29 is 17.5 Å². The molecule has 96 valence electrons. The SMILES string of the molecule is COc1cc(F)ccc1S(=O)(=O)n1cnc(C)c1. The second-order valence-electron chi connectivity index (χ2n) is 3.65. The minimum Gasteiger partial charge on any atom is -0.495 e. The second kappa shape index (κ2) is 4.41. The van der Waals surface area contributed by atoms with Crippen molar-refractivity contribution in [3.05, 3.63) is 42.2 Å². The van der Waals surface area contributed by atoms with E-state index in [0.717, 1.165) is 16.1 Å². The average Bonchev–Trinajstić information content (AvgIpc) is 2.76. The van der Waals surface area contributed by atoms with Crippen LogP contribution in [0.3, 0.4) is 0 Å². The molecule has 0 radical (unpaired) electrons. The lowest BCUT2D eigenvalue weighted by molar-refractivity contribution is 0.398. The smallest absolute Gasteiger partial charge is 0.272 e. The van der Waals surface area contributed by atoms with Crippen molar-refractivity contribution in [2.75, 3.05) is 7.11 Å². The molecule has 2 aromatic rings. The standard InChI is InChI=1S/C11H11FN2O3S/c1-8-6-14(7-13-8)18(15,16)11-4-3-9(12)5-10(11)17-2/h3-7H,1-2H3. The lowest BCUT2D eigenvalue weighted by atomic mass is 10.3. The molecule has 18 heavy (non-hydrogen) atoms. The van der Waals surface area contributed by atoms with Gasteiger partial charge in [-0.1, -0.05) is 0 Å². The van der Waals surface area contributed by atoms with E-state index in [4.69, 9.17) is 4.74 Å². The molecule has 0 saturated heterocycles. The van der Waals surface area contributed by atoms with Crippen molar-refractivity contribution in [2.24, 2.45) is 0 Å². The molecule has 0 aliphatic carbocycles. The molecular formula is C11H11FN2O3S. The van der Waals surface area contributed by atoms with Crippen LogP contribution < -0.4 is 4.74 Å². The predicted octanol–water partition coefficient (Wildman–Crippen LogP) is 1.58. The van der Waals surface area contributed by atoms with Gasteiger partial charge in [0.25, 0.3) is 10.0 Å². The van der Waals surface area contributed by atoms with Gasteiger partial charge in [0.1, 0.15) is 22.8 Å². The highest BCUT2D eigenvalue weighted by Gasteiger charge is 2.22. The maximum atomic E-state index is 13.0. The zero-order valence-electron chi connectivity index (χ0n) is 9.79. The van der Waals surface area contributed by atoms with Gasteiger partial charge in [-0.05, 0) is 19.1 Å². The van der Waals surface area contributed by atoms with Crippen molar-refractivity contribution in [2.45, 2.75) is 11.8 Å². The minimum absolute atomic E-state index is 0.0404. The predicted molar refractivity (Wildman–Crippen MR) is 62.5 cm³/mol. The molecule has 1 aromatic heterocycles. The fourth-order valence-electron chi connectivity index (χ4n) is 1.50. The Balaban J connectivity index is 2.61. The van der Waals surface area contributed by atoms with Gasteiger partial charge in [0.15, 0.2) is 0 Å². The Hall–Kier alpha value is -1.89. The van der Waals surface area contributed by atoms with Gasteiger partial charge in [0.05, 0.1) is 12.8 Å². The van der Waals surface area contributed by atoms with Crippen molar-refractivity contribution in [3.8, 4) is 5.75 Å². The van der Waals surface area contributed by atoms with Gasteiger partial charge in [-0.3, -0.25) is 0 Å². The summed E-state index contributed by atoms with van der Waals surface area (Å²) < 4.78 is 43.4. The summed E-state index contributed by atoms with van der Waals surface area (Å²) in [5.41, 5.74) is 0.569. The van der Waals surface area contributed by atoms with Crippen LogP contribution in [0.2, 0.25) is 0 Å². The van der Waals surface area contributed by atoms with E-state index < -0.39 is 15.8 Å². The summed E-state index contributed by atoms with van der Waals surface area (Å²) in [6.07, 6.45) is 2.56. The maximum Gasteiger partial charge on any atom is 0.272 e. The van der Waals surface area contributed by atoms with Gasteiger partial charge in [0.2, 0.25) is 0 Å². The Bertz CT molecular complexity index is 679. The Morgan fingerprint density at radius 3 is 2.67 bits per heavy atom. The zero-order valence-corrected chi connectivity index (χ0v) is 10.6. The van der Waals surface area contributed by atoms with Crippen molar-refractivity contribution >= 4 is 10.0 Å². The molecule has 0 N–H and O–H groups in total. The van der Waals surface area contributed by atoms with Crippen LogP contribution in [-0.4, -0.2) is 24.5 Å². The maximum absolute atomic E-state index is 13.0. The van der Waals surface area contributed by atoms with Crippen molar-refractivity contribution in [1.82, 2.24) is 8.96 Å². The summed E-state index contributed by atoms with van der Waals surface area (Å²) in [5, 5.41) is 0. The van der Waals surface area contributed by atoms with E-state index in [2.05, 4.69) is 4.98 Å². The number of rotatable bonds is 3. The molecule has 0 spiro atoms. The third-order valence-electron chi connectivity index (χ3n) is 2.37. The molecule has 0 aliphatic rings. The van der Waals surface area contributed by atoms with E-state index in [1.54, 1.807) is 6.92 Å². The van der Waals surface area contributed by atoms with Crippen LogP contribution in [0.25, 0.3) is 0 Å². The first-order chi connectivity index (χ1) is 8.45. The number of ether oxygens (including phenoxy) is 1. The van der Waals surface area contributed by atoms with E-state index >= 15 is 0 Å². The lowest BCUT2D eigenvalue weighted by Gasteiger charge is -2.09. The van der Waals surface area contributed by atoms with Crippen molar-refractivity contribution in [3.63, 3.8) is 0 Å². The number of hydrogen-bond donors (Lipinski definition) is 0. The molecular weight excluding hydrogens is 259 g/mol. The first-order valence-electron chi connectivity index (χ1n) is 5.05. The topological polar surface area (TPSA) is 61.2 Å². The molecule has 1 aromatic carbocycles. The number of methoxy groups -OCH3 is 1. The zero-order chi connectivity index (χ0) is 13.3. The molecule has 0 fully saturated rings. The highest BCUT2D eigenvalue weighted by atomic mass is 32.2. The van der Waals surface area contributed by atoms with Gasteiger partial charge < -0.3 is 4.74 Å². The number of aromatic nitrogens is 2. The summed E-state index contributed by atoms with van der Waals surface area (Å²) in [6.45, 7) is 1.67. The highest BCUT2D eigenvalue weighted by molar-refractivity contribution is 7.90. The third-order valence-corrected chi connectivity index (χ3v) is 4.02. The van der Waals surface area contributed by atoms with Gasteiger partial charge in [-0.2, -0.15) is 0 Å². The van der Waals surface area contributed by atoms with Crippen LogP contribution in [0.4, 0.5) is 4.39 Å². The van der Waals surface area contributed by atoms with E-state index in [1.807, 2.05) is 0 Å². The average molecular weight is 270 g/mol. The van der Waals surface area contributed by atoms with Crippen LogP contribution in [0.15, 0.2) is 35.6 Å². The first-order valence-corrected chi connectivity index (χ1v) is 6.49. The summed E-state index contributed by atoms with van der Waals surface area (Å²) in [7, 11) is -2.53. The highest BCUT2D eigenvalue weighted by Crippen LogP contribution is 2.26. The number of imidazole rings is 1. The monoisotopic (exact) mass is 270 g/mol. The first kappa shape index (κ1) is 12.6. The molecule has 0 unspecified atom stereocenters. The summed E-state index contributed by atoms with van der Waals surface area (Å²) in [5.74, 6) is -0.603. The van der Waals surface area contributed by atoms with E-state index in [-0.39, 0.29) is 10.6 Å². The molecule has 5 nitrogen and oxygen atoms in total. The summed E-state index contributed by atoms with van der Waals surface area (Å²) in [4.78, 5) is 3.74. The number of halogens is 1. The largest absolute Gasteiger partial charge is 0.495 e. The van der Waals surface area contributed by atoms with Gasteiger partial charge >= 0.3 is 0 Å². The summed E-state index contributed by atoms with van der Waals surface area (Å²) >= 11 is 0. The van der Waals surface area contributed by atoms with Crippen LogP contribution >= 0.6 is 0 Å². The Morgan fingerprint density at radius 2 is 2.11 bits per heavy atom. The third kappa shape index (κ3) is 2.08. The van der Waals surface area contributed by atoms with Gasteiger partial charge in [-0.15, -0.1) is 0 Å². The molecule has 0 amide bonds. The minimum atomic E-state index is -3.82. The molecule has 7 heteroatoms. The second-order valence-corrected chi connectivity index (χ2v) is 5.46. The van der Waals surface area contributed by atoms with Crippen molar-refractivity contribution in [1.29, 1.82) is 0 Å². The fourth-order valence-corrected chi connectivity index (χ4v) is 2.82. The van der Waals surface area contributed by atoms with Crippen LogP contribution in [-0.2, 0) is 10.0 Å². The molecule has 0 aliphatic heterocycles. The van der Waals surface area contributed by atoms with Crippen LogP contribution in [0, 0.1) is 12.7 Å². The van der Waals surface area contributed by atoms with E-state index in [1.165, 1.54) is 25.7 Å². The fraction of sp³-hybridized carbons (Fsp3) is 0.182. The molecule has 0 bridgehead atoms. The lowest BCUT2D eigenvalue weighted by Crippen LogP contribution is -2.12. The quantitative estimate of drug-likeness (QED) is 0.849. The molecule has 0 atom stereocenters. The number of nitrogens with zero attached hydrogens (tertiary/aromatic N) is 2. The Kier molecular flexibility index (Phi) is 3.08. The normalized spacial score (nSPS) is 11.5.